The molecular formula is C20H14ClFN2O2. The number of aromatic amines is 1. The van der Waals surface area contributed by atoms with E-state index in [0.29, 0.717) is 22.6 Å². The van der Waals surface area contributed by atoms with Crippen LogP contribution in [-0.2, 0) is 6.61 Å². The van der Waals surface area contributed by atoms with Crippen LogP contribution in [0.2, 0.25) is 5.02 Å². The fourth-order valence-electron chi connectivity index (χ4n) is 2.55. The molecule has 0 bridgehead atoms. The van der Waals surface area contributed by atoms with Crippen LogP contribution in [0.3, 0.4) is 0 Å². The molecule has 1 heterocycles. The lowest BCUT2D eigenvalue weighted by Crippen LogP contribution is -2.12. The average molecular weight is 369 g/mol. The Balaban J connectivity index is 1.80. The second-order valence-electron chi connectivity index (χ2n) is 5.74. The summed E-state index contributed by atoms with van der Waals surface area (Å²) in [5, 5.41) is 9.29. The summed E-state index contributed by atoms with van der Waals surface area (Å²) in [6, 6.07) is 15.2. The Hall–Kier alpha value is -3.10. The highest BCUT2D eigenvalue weighted by Crippen LogP contribution is 2.25. The van der Waals surface area contributed by atoms with Crippen LogP contribution in [0.4, 0.5) is 4.39 Å². The van der Waals surface area contributed by atoms with Gasteiger partial charge in [0.1, 0.15) is 29.8 Å². The Bertz CT molecular complexity index is 1050. The molecule has 0 saturated heterocycles. The van der Waals surface area contributed by atoms with Crippen LogP contribution in [0.5, 0.6) is 5.75 Å². The van der Waals surface area contributed by atoms with E-state index in [-0.39, 0.29) is 17.2 Å². The number of H-pyrrole nitrogens is 1. The van der Waals surface area contributed by atoms with Crippen LogP contribution in [0.25, 0.3) is 11.1 Å². The molecule has 0 fully saturated rings. The second-order valence-corrected chi connectivity index (χ2v) is 6.15. The van der Waals surface area contributed by atoms with Crippen LogP contribution in [0.1, 0.15) is 16.8 Å². The third kappa shape index (κ3) is 3.76. The first kappa shape index (κ1) is 17.7. The first-order chi connectivity index (χ1) is 12.5. The number of rotatable bonds is 4. The van der Waals surface area contributed by atoms with Crippen LogP contribution in [0.15, 0.2) is 53.3 Å². The summed E-state index contributed by atoms with van der Waals surface area (Å²) in [6.07, 6.45) is 0. The quantitative estimate of drug-likeness (QED) is 0.732. The van der Waals surface area contributed by atoms with Crippen molar-refractivity contribution in [3.63, 3.8) is 0 Å². The highest BCUT2D eigenvalue weighted by molar-refractivity contribution is 6.30. The van der Waals surface area contributed by atoms with E-state index in [9.17, 15) is 14.4 Å². The Morgan fingerprint density at radius 1 is 1.19 bits per heavy atom. The summed E-state index contributed by atoms with van der Waals surface area (Å²) in [4.78, 5) is 14.5. The molecule has 0 saturated carbocycles. The van der Waals surface area contributed by atoms with Gasteiger partial charge in [0, 0.05) is 11.3 Å². The van der Waals surface area contributed by atoms with E-state index in [1.165, 1.54) is 12.1 Å². The zero-order chi connectivity index (χ0) is 18.7. The van der Waals surface area contributed by atoms with Crippen molar-refractivity contribution in [2.75, 3.05) is 0 Å². The highest BCUT2D eigenvalue weighted by atomic mass is 35.5. The molecule has 1 N–H and O–H groups in total. The molecule has 2 aromatic carbocycles. The molecule has 0 spiro atoms. The molecule has 130 valence electrons. The number of aromatic nitrogens is 1. The fraction of sp³-hybridized carbons (Fsp3) is 0.100. The molecule has 3 rings (SSSR count). The van der Waals surface area contributed by atoms with Gasteiger partial charge in [0.05, 0.1) is 5.02 Å². The molecule has 0 aliphatic carbocycles. The second kappa shape index (κ2) is 7.42. The minimum atomic E-state index is -0.489. The van der Waals surface area contributed by atoms with Crippen molar-refractivity contribution in [3.8, 4) is 22.9 Å². The SMILES string of the molecule is Cc1cc(-c2ccc(OCc3ccc(Cl)c(F)c3)cc2)c(C#N)c(=O)[nH]1. The van der Waals surface area contributed by atoms with E-state index in [0.717, 1.165) is 5.56 Å². The molecule has 0 aliphatic rings. The van der Waals surface area contributed by atoms with E-state index in [4.69, 9.17) is 16.3 Å². The third-order valence-corrected chi connectivity index (χ3v) is 4.14. The van der Waals surface area contributed by atoms with Gasteiger partial charge in [-0.1, -0.05) is 29.8 Å². The van der Waals surface area contributed by atoms with Gasteiger partial charge in [-0.25, -0.2) is 4.39 Å². The van der Waals surface area contributed by atoms with Crippen molar-refractivity contribution in [3.05, 3.63) is 86.5 Å². The topological polar surface area (TPSA) is 65.9 Å². The summed E-state index contributed by atoms with van der Waals surface area (Å²) < 4.78 is 19.1. The minimum Gasteiger partial charge on any atom is -0.489 e. The van der Waals surface area contributed by atoms with Crippen molar-refractivity contribution < 1.29 is 9.13 Å². The molecule has 0 aliphatic heterocycles. The smallest absolute Gasteiger partial charge is 0.266 e. The van der Waals surface area contributed by atoms with Gasteiger partial charge in [-0.2, -0.15) is 5.26 Å². The summed E-state index contributed by atoms with van der Waals surface area (Å²) in [6.45, 7) is 1.95. The van der Waals surface area contributed by atoms with Gasteiger partial charge >= 0.3 is 0 Å². The number of pyridine rings is 1. The number of benzene rings is 2. The van der Waals surface area contributed by atoms with E-state index in [2.05, 4.69) is 4.98 Å². The number of ether oxygens (including phenoxy) is 1. The highest BCUT2D eigenvalue weighted by Gasteiger charge is 2.10. The van der Waals surface area contributed by atoms with Crippen LogP contribution in [0, 0.1) is 24.1 Å². The summed E-state index contributed by atoms with van der Waals surface area (Å²) >= 11 is 5.66. The van der Waals surface area contributed by atoms with Gasteiger partial charge in [0.15, 0.2) is 0 Å². The lowest BCUT2D eigenvalue weighted by molar-refractivity contribution is 0.305. The fourth-order valence-corrected chi connectivity index (χ4v) is 2.67. The largest absolute Gasteiger partial charge is 0.489 e. The van der Waals surface area contributed by atoms with Gasteiger partial charge in [-0.3, -0.25) is 4.79 Å². The molecule has 6 heteroatoms. The maximum absolute atomic E-state index is 13.4. The van der Waals surface area contributed by atoms with E-state index in [1.807, 2.05) is 6.07 Å². The lowest BCUT2D eigenvalue weighted by Gasteiger charge is -2.09. The minimum absolute atomic E-state index is 0.0690. The van der Waals surface area contributed by atoms with Gasteiger partial charge in [0.2, 0.25) is 0 Å². The normalized spacial score (nSPS) is 10.4. The Labute approximate surface area is 154 Å². The number of nitrogens with zero attached hydrogens (tertiary/aromatic N) is 1. The number of hydrogen-bond acceptors (Lipinski definition) is 3. The molecule has 4 nitrogen and oxygen atoms in total. The predicted molar refractivity (Wildman–Crippen MR) is 97.7 cm³/mol. The summed E-state index contributed by atoms with van der Waals surface area (Å²) in [7, 11) is 0. The van der Waals surface area contributed by atoms with Gasteiger partial charge < -0.3 is 9.72 Å². The number of aryl methyl sites for hydroxylation is 1. The van der Waals surface area contributed by atoms with Crippen molar-refractivity contribution in [2.24, 2.45) is 0 Å². The Morgan fingerprint density at radius 3 is 2.58 bits per heavy atom. The predicted octanol–water partition coefficient (Wildman–Crippen LogP) is 4.59. The zero-order valence-corrected chi connectivity index (χ0v) is 14.6. The Morgan fingerprint density at radius 2 is 1.92 bits per heavy atom. The number of nitriles is 1. The van der Waals surface area contributed by atoms with Gasteiger partial charge in [-0.15, -0.1) is 0 Å². The molecule has 0 atom stereocenters. The van der Waals surface area contributed by atoms with Gasteiger partial charge in [-0.05, 0) is 48.4 Å². The molecule has 3 aromatic rings. The molecule has 1 aromatic heterocycles. The van der Waals surface area contributed by atoms with Crippen molar-refractivity contribution in [1.29, 1.82) is 5.26 Å². The summed E-state index contributed by atoms with van der Waals surface area (Å²) in [5.74, 6) is 0.0981. The van der Waals surface area contributed by atoms with Crippen LogP contribution in [-0.4, -0.2) is 4.98 Å². The number of nitrogens with one attached hydrogen (secondary N) is 1. The Kier molecular flexibility index (Phi) is 5.06. The zero-order valence-electron chi connectivity index (χ0n) is 13.8. The maximum atomic E-state index is 13.4. The monoisotopic (exact) mass is 368 g/mol. The van der Waals surface area contributed by atoms with E-state index < -0.39 is 11.4 Å². The molecule has 0 radical (unpaired) electrons. The van der Waals surface area contributed by atoms with Gasteiger partial charge in [0.25, 0.3) is 5.56 Å². The number of halogens is 2. The molecule has 26 heavy (non-hydrogen) atoms. The molecular weight excluding hydrogens is 355 g/mol. The van der Waals surface area contributed by atoms with Crippen LogP contribution >= 0.6 is 11.6 Å². The van der Waals surface area contributed by atoms with E-state index >= 15 is 0 Å². The van der Waals surface area contributed by atoms with Crippen LogP contribution < -0.4 is 10.3 Å². The van der Waals surface area contributed by atoms with Crippen molar-refractivity contribution in [1.82, 2.24) is 4.98 Å². The van der Waals surface area contributed by atoms with E-state index in [1.54, 1.807) is 43.3 Å². The van der Waals surface area contributed by atoms with Crippen molar-refractivity contribution >= 4 is 11.6 Å². The molecule has 0 amide bonds. The first-order valence-electron chi connectivity index (χ1n) is 7.79. The molecule has 0 unspecified atom stereocenters. The summed E-state index contributed by atoms with van der Waals surface area (Å²) in [5.41, 5.74) is 2.30. The maximum Gasteiger partial charge on any atom is 0.266 e. The third-order valence-electron chi connectivity index (χ3n) is 3.83. The first-order valence-corrected chi connectivity index (χ1v) is 8.17. The average Bonchev–Trinajstić information content (AvgIpc) is 2.62. The standard InChI is InChI=1S/C20H14ClFN2O2/c1-12-8-16(17(10-23)20(25)24-12)14-3-5-15(6-4-14)26-11-13-2-7-18(21)19(22)9-13/h2-9H,11H2,1H3,(H,24,25). The van der Waals surface area contributed by atoms with Crippen molar-refractivity contribution in [2.45, 2.75) is 13.5 Å². The lowest BCUT2D eigenvalue weighted by atomic mass is 10.0. The number of hydrogen-bond donors (Lipinski definition) is 1.